The van der Waals surface area contributed by atoms with Gasteiger partial charge >= 0.3 is 0 Å². The second-order valence-electron chi connectivity index (χ2n) is 3.89. The zero-order chi connectivity index (χ0) is 13.8. The van der Waals surface area contributed by atoms with E-state index < -0.39 is 5.56 Å². The van der Waals surface area contributed by atoms with Crippen LogP contribution in [0.5, 0.6) is 5.88 Å². The summed E-state index contributed by atoms with van der Waals surface area (Å²) in [5, 5.41) is 19.0. The number of rotatable bonds is 3. The molecule has 0 aliphatic rings. The van der Waals surface area contributed by atoms with Crippen molar-refractivity contribution >= 4 is 0 Å². The van der Waals surface area contributed by atoms with Gasteiger partial charge in [-0.3, -0.25) is 14.3 Å². The first-order valence-corrected chi connectivity index (χ1v) is 5.66. The van der Waals surface area contributed by atoms with Crippen LogP contribution in [0.4, 0.5) is 0 Å². The van der Waals surface area contributed by atoms with E-state index in [1.807, 2.05) is 6.07 Å². The molecule has 3 N–H and O–H groups in total. The Hall–Kier alpha value is -2.65. The first-order chi connectivity index (χ1) is 9.19. The topological polar surface area (TPSA) is 105 Å². The number of hydrogen-bond donors (Lipinski definition) is 2. The highest BCUT2D eigenvalue weighted by Gasteiger charge is 2.15. The van der Waals surface area contributed by atoms with E-state index in [2.05, 4.69) is 4.98 Å². The van der Waals surface area contributed by atoms with E-state index in [4.69, 9.17) is 11.0 Å². The number of nitrogens with two attached hydrogens (primary N) is 1. The largest absolute Gasteiger partial charge is 0.494 e. The molecule has 6 nitrogen and oxygen atoms in total. The Morgan fingerprint density at radius 1 is 1.53 bits per heavy atom. The van der Waals surface area contributed by atoms with Crippen LogP contribution in [0, 0.1) is 11.3 Å². The third kappa shape index (κ3) is 2.32. The normalized spacial score (nSPS) is 10.1. The number of pyridine rings is 2. The number of hydrogen-bond acceptors (Lipinski definition) is 5. The van der Waals surface area contributed by atoms with Gasteiger partial charge < -0.3 is 10.8 Å². The van der Waals surface area contributed by atoms with Crippen molar-refractivity contribution in [1.29, 1.82) is 5.26 Å². The van der Waals surface area contributed by atoms with Gasteiger partial charge in [0.15, 0.2) is 5.88 Å². The molecule has 2 rings (SSSR count). The molecule has 0 saturated heterocycles. The predicted molar refractivity (Wildman–Crippen MR) is 69.4 cm³/mol. The van der Waals surface area contributed by atoms with E-state index in [1.54, 1.807) is 18.3 Å². The Labute approximate surface area is 109 Å². The molecule has 96 valence electrons. The Morgan fingerprint density at radius 3 is 2.89 bits per heavy atom. The highest BCUT2D eigenvalue weighted by molar-refractivity contribution is 5.70. The van der Waals surface area contributed by atoms with Crippen LogP contribution < -0.4 is 11.3 Å². The lowest BCUT2D eigenvalue weighted by Gasteiger charge is -2.10. The fourth-order valence-corrected chi connectivity index (χ4v) is 1.84. The molecule has 0 aromatic carbocycles. The van der Waals surface area contributed by atoms with Gasteiger partial charge in [-0.05, 0) is 6.07 Å². The smallest absolute Gasteiger partial charge is 0.271 e. The summed E-state index contributed by atoms with van der Waals surface area (Å²) in [6.07, 6.45) is 3.12. The number of nitriles is 1. The van der Waals surface area contributed by atoms with Gasteiger partial charge in [-0.1, -0.05) is 6.07 Å². The average Bonchev–Trinajstić information content (AvgIpc) is 2.44. The molecular weight excluding hydrogens is 244 g/mol. The molecule has 0 aliphatic carbocycles. The summed E-state index contributed by atoms with van der Waals surface area (Å²) < 4.78 is 1.08. The maximum Gasteiger partial charge on any atom is 0.271 e. The minimum absolute atomic E-state index is 0.0285. The fourth-order valence-electron chi connectivity index (χ4n) is 1.84. The Kier molecular flexibility index (Phi) is 3.59. The summed E-state index contributed by atoms with van der Waals surface area (Å²) in [6.45, 7) is 0.358. The molecule has 6 heteroatoms. The van der Waals surface area contributed by atoms with Crippen LogP contribution in [-0.2, 0) is 6.54 Å². The third-order valence-corrected chi connectivity index (χ3v) is 2.72. The van der Waals surface area contributed by atoms with Gasteiger partial charge in [-0.15, -0.1) is 0 Å². The van der Waals surface area contributed by atoms with Crippen molar-refractivity contribution in [2.24, 2.45) is 5.73 Å². The monoisotopic (exact) mass is 256 g/mol. The maximum atomic E-state index is 12.1. The average molecular weight is 256 g/mol. The lowest BCUT2D eigenvalue weighted by atomic mass is 10.0. The van der Waals surface area contributed by atoms with Crippen molar-refractivity contribution in [3.8, 4) is 23.1 Å². The van der Waals surface area contributed by atoms with Crippen molar-refractivity contribution in [2.75, 3.05) is 6.54 Å². The lowest BCUT2D eigenvalue weighted by Crippen LogP contribution is -2.26. The highest BCUT2D eigenvalue weighted by atomic mass is 16.3. The minimum atomic E-state index is -0.549. The van der Waals surface area contributed by atoms with Gasteiger partial charge in [0.25, 0.3) is 5.56 Å². The van der Waals surface area contributed by atoms with E-state index in [0.29, 0.717) is 11.1 Å². The van der Waals surface area contributed by atoms with E-state index in [0.717, 1.165) is 4.57 Å². The molecule has 0 bridgehead atoms. The minimum Gasteiger partial charge on any atom is -0.494 e. The number of nitrogens with zero attached hydrogens (tertiary/aromatic N) is 3. The quantitative estimate of drug-likeness (QED) is 0.829. The molecule has 0 unspecified atom stereocenters. The van der Waals surface area contributed by atoms with Crippen molar-refractivity contribution in [3.63, 3.8) is 0 Å². The van der Waals surface area contributed by atoms with Gasteiger partial charge in [-0.25, -0.2) is 0 Å². The Balaban J connectivity index is 2.72. The second-order valence-corrected chi connectivity index (χ2v) is 3.89. The Morgan fingerprint density at radius 2 is 2.32 bits per heavy atom. The van der Waals surface area contributed by atoms with Crippen LogP contribution in [0.15, 0.2) is 35.4 Å². The second kappa shape index (κ2) is 5.33. The summed E-state index contributed by atoms with van der Waals surface area (Å²) in [5.74, 6) is -0.215. The molecule has 0 atom stereocenters. The standard InChI is InChI=1S/C13H12N4O2/c14-3-5-17-12(18)6-10(11(7-15)13(17)19)9-2-1-4-16-8-9/h1-2,4,6,8,18H,3,5,14H2. The van der Waals surface area contributed by atoms with Gasteiger partial charge in [0, 0.05) is 42.7 Å². The molecule has 2 heterocycles. The van der Waals surface area contributed by atoms with Crippen molar-refractivity contribution in [1.82, 2.24) is 9.55 Å². The molecule has 0 fully saturated rings. The first-order valence-electron chi connectivity index (χ1n) is 5.66. The van der Waals surface area contributed by atoms with E-state index in [-0.39, 0.29) is 24.5 Å². The molecule has 0 radical (unpaired) electrons. The van der Waals surface area contributed by atoms with Crippen molar-refractivity contribution in [3.05, 3.63) is 46.5 Å². The summed E-state index contributed by atoms with van der Waals surface area (Å²) >= 11 is 0. The van der Waals surface area contributed by atoms with Crippen LogP contribution in [0.2, 0.25) is 0 Å². The summed E-state index contributed by atoms with van der Waals surface area (Å²) in [6, 6.07) is 6.67. The zero-order valence-electron chi connectivity index (χ0n) is 10.1. The summed E-state index contributed by atoms with van der Waals surface area (Å²) in [4.78, 5) is 16.0. The van der Waals surface area contributed by atoms with E-state index >= 15 is 0 Å². The first kappa shape index (κ1) is 12.8. The SMILES string of the molecule is N#Cc1c(-c2cccnc2)cc(O)n(CCN)c1=O. The molecule has 0 spiro atoms. The number of aromatic hydroxyl groups is 1. The van der Waals surface area contributed by atoms with E-state index in [1.165, 1.54) is 12.3 Å². The molecule has 2 aromatic heterocycles. The molecule has 0 aliphatic heterocycles. The van der Waals surface area contributed by atoms with Gasteiger partial charge in [0.2, 0.25) is 0 Å². The molecule has 2 aromatic rings. The summed E-state index contributed by atoms with van der Waals surface area (Å²) in [7, 11) is 0. The molecule has 0 amide bonds. The van der Waals surface area contributed by atoms with Crippen LogP contribution >= 0.6 is 0 Å². The molecular formula is C13H12N4O2. The van der Waals surface area contributed by atoms with Crippen LogP contribution in [0.1, 0.15) is 5.56 Å². The Bertz CT molecular complexity index is 686. The third-order valence-electron chi connectivity index (χ3n) is 2.72. The predicted octanol–water partition coefficient (Wildman–Crippen LogP) is 0.446. The summed E-state index contributed by atoms with van der Waals surface area (Å²) in [5.41, 5.74) is 5.77. The van der Waals surface area contributed by atoms with Crippen molar-refractivity contribution in [2.45, 2.75) is 6.54 Å². The molecule has 19 heavy (non-hydrogen) atoms. The number of aromatic nitrogens is 2. The van der Waals surface area contributed by atoms with E-state index in [9.17, 15) is 9.90 Å². The van der Waals surface area contributed by atoms with Crippen LogP contribution in [-0.4, -0.2) is 21.2 Å². The zero-order valence-corrected chi connectivity index (χ0v) is 10.1. The lowest BCUT2D eigenvalue weighted by molar-refractivity contribution is 0.408. The maximum absolute atomic E-state index is 12.1. The van der Waals surface area contributed by atoms with Crippen molar-refractivity contribution < 1.29 is 5.11 Å². The van der Waals surface area contributed by atoms with Crippen LogP contribution in [0.3, 0.4) is 0 Å². The fraction of sp³-hybridized carbons (Fsp3) is 0.154. The van der Waals surface area contributed by atoms with Gasteiger partial charge in [0.05, 0.1) is 0 Å². The molecule has 0 saturated carbocycles. The van der Waals surface area contributed by atoms with Crippen LogP contribution in [0.25, 0.3) is 11.1 Å². The highest BCUT2D eigenvalue weighted by Crippen LogP contribution is 2.24. The van der Waals surface area contributed by atoms with Gasteiger partial charge in [-0.2, -0.15) is 5.26 Å². The van der Waals surface area contributed by atoms with Gasteiger partial charge in [0.1, 0.15) is 11.6 Å².